The number of carbonyl (C=O) groups excluding carboxylic acids is 1. The molecule has 0 bridgehead atoms. The molecule has 1 aliphatic carbocycles. The molecule has 140 valence electrons. The van der Waals surface area contributed by atoms with Crippen molar-refractivity contribution < 1.29 is 13.9 Å². The number of carbonyl (C=O) groups is 1. The number of nitriles is 1. The van der Waals surface area contributed by atoms with Crippen LogP contribution in [0.4, 0.5) is 9.18 Å². The molecule has 1 saturated heterocycles. The number of nitrogens with one attached hydrogen (secondary N) is 1. The fourth-order valence-corrected chi connectivity index (χ4v) is 4.27. The summed E-state index contributed by atoms with van der Waals surface area (Å²) in [5, 5.41) is 12.7. The average Bonchev–Trinajstić information content (AvgIpc) is 3.11. The van der Waals surface area contributed by atoms with Gasteiger partial charge in [-0.3, -0.25) is 4.90 Å². The molecule has 6 heteroatoms. The maximum atomic E-state index is 13.2. The summed E-state index contributed by atoms with van der Waals surface area (Å²) >= 11 is 0. The van der Waals surface area contributed by atoms with Crippen molar-refractivity contribution in [2.75, 3.05) is 19.7 Å². The molecular weight excluding hydrogens is 333 g/mol. The first-order valence-electron chi connectivity index (χ1n) is 9.41. The maximum absolute atomic E-state index is 13.2. The first-order valence-corrected chi connectivity index (χ1v) is 9.41. The number of nitrogens with zero attached hydrogens (tertiary/aromatic N) is 2. The lowest BCUT2D eigenvalue weighted by Crippen LogP contribution is -2.43. The van der Waals surface area contributed by atoms with E-state index < -0.39 is 5.41 Å². The molecule has 1 aliphatic heterocycles. The molecule has 1 amide bonds. The van der Waals surface area contributed by atoms with Gasteiger partial charge in [-0.05, 0) is 56.7 Å². The van der Waals surface area contributed by atoms with Crippen LogP contribution in [-0.2, 0) is 10.2 Å². The van der Waals surface area contributed by atoms with E-state index in [2.05, 4.69) is 16.3 Å². The number of ether oxygens (including phenoxy) is 1. The molecule has 0 spiro atoms. The van der Waals surface area contributed by atoms with Crippen molar-refractivity contribution in [2.45, 2.75) is 56.5 Å². The fourth-order valence-electron chi connectivity index (χ4n) is 4.27. The van der Waals surface area contributed by atoms with Gasteiger partial charge in [0.25, 0.3) is 0 Å². The van der Waals surface area contributed by atoms with E-state index in [0.29, 0.717) is 12.6 Å². The van der Waals surface area contributed by atoms with Gasteiger partial charge in [-0.15, -0.1) is 0 Å². The Balaban J connectivity index is 1.56. The summed E-state index contributed by atoms with van der Waals surface area (Å²) in [7, 11) is 0. The Labute approximate surface area is 154 Å². The van der Waals surface area contributed by atoms with Crippen LogP contribution in [0.3, 0.4) is 0 Å². The van der Waals surface area contributed by atoms with Gasteiger partial charge in [0.1, 0.15) is 5.82 Å². The molecule has 2 aliphatic rings. The predicted molar refractivity (Wildman–Crippen MR) is 96.1 cm³/mol. The van der Waals surface area contributed by atoms with Crippen LogP contribution in [0, 0.1) is 17.1 Å². The Hall–Kier alpha value is -2.13. The van der Waals surface area contributed by atoms with Crippen LogP contribution in [0.5, 0.6) is 0 Å². The molecule has 1 aromatic carbocycles. The predicted octanol–water partition coefficient (Wildman–Crippen LogP) is 3.35. The number of amides is 1. The van der Waals surface area contributed by atoms with Gasteiger partial charge in [0.15, 0.2) is 0 Å². The van der Waals surface area contributed by atoms with E-state index in [9.17, 15) is 14.4 Å². The van der Waals surface area contributed by atoms with E-state index in [1.807, 2.05) is 0 Å². The lowest BCUT2D eigenvalue weighted by molar-refractivity contribution is 0.143. The molecule has 3 rings (SSSR count). The average molecular weight is 359 g/mol. The maximum Gasteiger partial charge on any atom is 0.407 e. The van der Waals surface area contributed by atoms with Crippen LogP contribution in [0.25, 0.3) is 0 Å². The van der Waals surface area contributed by atoms with E-state index in [-0.39, 0.29) is 18.0 Å². The summed E-state index contributed by atoms with van der Waals surface area (Å²) in [6.45, 7) is 3.97. The summed E-state index contributed by atoms with van der Waals surface area (Å²) in [4.78, 5) is 14.0. The summed E-state index contributed by atoms with van der Waals surface area (Å²) in [6, 6.07) is 9.43. The molecule has 1 heterocycles. The Kier molecular flexibility index (Phi) is 5.77. The second kappa shape index (κ2) is 8.05. The number of halogens is 1. The van der Waals surface area contributed by atoms with Crippen LogP contribution in [-0.4, -0.2) is 42.8 Å². The third-order valence-electron chi connectivity index (χ3n) is 5.75. The standard InChI is InChI=1S/C20H26FN3O2/c1-2-26-19(25)23-17-9-12-24(13-17)18-7-10-20(14-22,11-8-18)15-3-5-16(21)6-4-15/h3-6,17-18H,2,7-13H2,1H3,(H,23,25)/t17-,18?,20?/m1/s1. The summed E-state index contributed by atoms with van der Waals surface area (Å²) in [5.41, 5.74) is 0.412. The SMILES string of the molecule is CCOC(=O)N[C@@H]1CCN(C2CCC(C#N)(c3ccc(F)cc3)CC2)C1. The van der Waals surface area contributed by atoms with Gasteiger partial charge < -0.3 is 10.1 Å². The second-order valence-electron chi connectivity index (χ2n) is 7.28. The van der Waals surface area contributed by atoms with Crippen molar-refractivity contribution in [2.24, 2.45) is 0 Å². The number of hydrogen-bond donors (Lipinski definition) is 1. The van der Waals surface area contributed by atoms with E-state index in [0.717, 1.165) is 50.8 Å². The molecule has 0 radical (unpaired) electrons. The zero-order valence-electron chi connectivity index (χ0n) is 15.2. The first-order chi connectivity index (χ1) is 12.6. The Morgan fingerprint density at radius 1 is 1.35 bits per heavy atom. The van der Waals surface area contributed by atoms with Crippen LogP contribution >= 0.6 is 0 Å². The highest BCUT2D eigenvalue weighted by molar-refractivity contribution is 5.67. The summed E-state index contributed by atoms with van der Waals surface area (Å²) < 4.78 is 18.1. The van der Waals surface area contributed by atoms with E-state index in [1.54, 1.807) is 19.1 Å². The Morgan fingerprint density at radius 2 is 2.04 bits per heavy atom. The molecule has 5 nitrogen and oxygen atoms in total. The summed E-state index contributed by atoms with van der Waals surface area (Å²) in [5.74, 6) is -0.271. The third-order valence-corrected chi connectivity index (χ3v) is 5.75. The minimum Gasteiger partial charge on any atom is -0.450 e. The van der Waals surface area contributed by atoms with E-state index in [4.69, 9.17) is 4.74 Å². The van der Waals surface area contributed by atoms with Crippen LogP contribution in [0.15, 0.2) is 24.3 Å². The molecule has 1 atom stereocenters. The molecular formula is C20H26FN3O2. The highest BCUT2D eigenvalue weighted by atomic mass is 19.1. The molecule has 1 aromatic rings. The van der Waals surface area contributed by atoms with Gasteiger partial charge >= 0.3 is 6.09 Å². The number of rotatable bonds is 4. The van der Waals surface area contributed by atoms with Gasteiger partial charge in [0.2, 0.25) is 0 Å². The Morgan fingerprint density at radius 3 is 2.65 bits per heavy atom. The van der Waals surface area contributed by atoms with E-state index in [1.165, 1.54) is 12.1 Å². The van der Waals surface area contributed by atoms with Crippen molar-refractivity contribution in [3.63, 3.8) is 0 Å². The normalized spacial score (nSPS) is 29.1. The lowest BCUT2D eigenvalue weighted by atomic mass is 9.69. The van der Waals surface area contributed by atoms with Crippen molar-refractivity contribution >= 4 is 6.09 Å². The van der Waals surface area contributed by atoms with Crippen LogP contribution < -0.4 is 5.32 Å². The first kappa shape index (κ1) is 18.7. The number of likely N-dealkylation sites (tertiary alicyclic amines) is 1. The highest BCUT2D eigenvalue weighted by Crippen LogP contribution is 2.41. The molecule has 2 fully saturated rings. The van der Waals surface area contributed by atoms with Crippen molar-refractivity contribution in [3.05, 3.63) is 35.6 Å². The quantitative estimate of drug-likeness (QED) is 0.895. The third kappa shape index (κ3) is 3.99. The topological polar surface area (TPSA) is 65.4 Å². The zero-order valence-corrected chi connectivity index (χ0v) is 15.2. The lowest BCUT2D eigenvalue weighted by Gasteiger charge is -2.39. The largest absolute Gasteiger partial charge is 0.450 e. The molecule has 0 aromatic heterocycles. The van der Waals surface area contributed by atoms with Gasteiger partial charge in [-0.2, -0.15) is 5.26 Å². The molecule has 1 saturated carbocycles. The zero-order chi connectivity index (χ0) is 18.6. The van der Waals surface area contributed by atoms with E-state index >= 15 is 0 Å². The highest BCUT2D eigenvalue weighted by Gasteiger charge is 2.40. The van der Waals surface area contributed by atoms with Crippen molar-refractivity contribution in [1.82, 2.24) is 10.2 Å². The van der Waals surface area contributed by atoms with Gasteiger partial charge in [0.05, 0.1) is 18.1 Å². The van der Waals surface area contributed by atoms with Crippen molar-refractivity contribution in [1.29, 1.82) is 5.26 Å². The Bertz CT molecular complexity index is 663. The smallest absolute Gasteiger partial charge is 0.407 e. The molecule has 0 unspecified atom stereocenters. The van der Waals surface area contributed by atoms with Crippen molar-refractivity contribution in [3.8, 4) is 6.07 Å². The van der Waals surface area contributed by atoms with Gasteiger partial charge in [0, 0.05) is 25.2 Å². The number of benzene rings is 1. The van der Waals surface area contributed by atoms with Gasteiger partial charge in [-0.1, -0.05) is 12.1 Å². The minimum absolute atomic E-state index is 0.133. The number of alkyl carbamates (subject to hydrolysis) is 1. The number of hydrogen-bond acceptors (Lipinski definition) is 4. The monoisotopic (exact) mass is 359 g/mol. The molecule has 1 N–H and O–H groups in total. The van der Waals surface area contributed by atoms with Gasteiger partial charge in [-0.25, -0.2) is 9.18 Å². The minimum atomic E-state index is -0.507. The summed E-state index contributed by atoms with van der Waals surface area (Å²) in [6.07, 6.45) is 4.03. The van der Waals surface area contributed by atoms with Crippen LogP contribution in [0.1, 0.15) is 44.6 Å². The fraction of sp³-hybridized carbons (Fsp3) is 0.600. The van der Waals surface area contributed by atoms with Crippen LogP contribution in [0.2, 0.25) is 0 Å². The second-order valence-corrected chi connectivity index (χ2v) is 7.28. The molecule has 26 heavy (non-hydrogen) atoms.